The highest BCUT2D eigenvalue weighted by Gasteiger charge is 2.29. The van der Waals surface area contributed by atoms with Gasteiger partial charge in [-0.1, -0.05) is 49.9 Å². The monoisotopic (exact) mass is 286 g/mol. The molecule has 21 heavy (non-hydrogen) atoms. The summed E-state index contributed by atoms with van der Waals surface area (Å²) >= 11 is 0. The Hall–Kier alpha value is -1.35. The Balaban J connectivity index is 1.65. The second kappa shape index (κ2) is 6.61. The van der Waals surface area contributed by atoms with Crippen LogP contribution in [0.5, 0.6) is 0 Å². The van der Waals surface area contributed by atoms with E-state index in [0.29, 0.717) is 6.04 Å². The fourth-order valence-corrected chi connectivity index (χ4v) is 3.70. The summed E-state index contributed by atoms with van der Waals surface area (Å²) in [7, 11) is 2.00. The number of amides is 1. The Morgan fingerprint density at radius 1 is 1.10 bits per heavy atom. The molecule has 1 heterocycles. The lowest BCUT2D eigenvalue weighted by Crippen LogP contribution is -2.51. The van der Waals surface area contributed by atoms with Crippen LogP contribution < -0.4 is 5.32 Å². The lowest BCUT2D eigenvalue weighted by molar-refractivity contribution is -0.134. The van der Waals surface area contributed by atoms with Crippen molar-refractivity contribution >= 4 is 5.91 Å². The zero-order valence-electron chi connectivity index (χ0n) is 13.0. The second-order valence-corrected chi connectivity index (χ2v) is 6.50. The van der Waals surface area contributed by atoms with Crippen LogP contribution in [0.4, 0.5) is 0 Å². The number of rotatable bonds is 2. The minimum Gasteiger partial charge on any atom is -0.341 e. The molecule has 0 aromatic heterocycles. The predicted octanol–water partition coefficient (Wildman–Crippen LogP) is 2.88. The molecule has 1 aliphatic heterocycles. The van der Waals surface area contributed by atoms with Crippen molar-refractivity contribution in [2.24, 2.45) is 0 Å². The SMILES string of the molecule is CN(C(=O)C1Cc2ccccc2CN1)C1CCCCCC1. The summed E-state index contributed by atoms with van der Waals surface area (Å²) in [6, 6.07) is 8.84. The summed E-state index contributed by atoms with van der Waals surface area (Å²) in [5.74, 6) is 0.274. The van der Waals surface area contributed by atoms with Gasteiger partial charge in [-0.15, -0.1) is 0 Å². The summed E-state index contributed by atoms with van der Waals surface area (Å²) in [6.45, 7) is 0.811. The third-order valence-electron chi connectivity index (χ3n) is 5.10. The van der Waals surface area contributed by atoms with E-state index in [-0.39, 0.29) is 11.9 Å². The van der Waals surface area contributed by atoms with E-state index in [0.717, 1.165) is 13.0 Å². The molecule has 3 nitrogen and oxygen atoms in total. The predicted molar refractivity (Wildman–Crippen MR) is 85.0 cm³/mol. The maximum atomic E-state index is 12.8. The molecule has 1 aromatic carbocycles. The van der Waals surface area contributed by atoms with Crippen LogP contribution in [0.1, 0.15) is 49.7 Å². The molecule has 0 bridgehead atoms. The Labute approximate surface area is 127 Å². The summed E-state index contributed by atoms with van der Waals surface area (Å²) in [6.07, 6.45) is 8.36. The number of likely N-dealkylation sites (N-methyl/N-ethyl adjacent to an activating group) is 1. The maximum Gasteiger partial charge on any atom is 0.240 e. The van der Waals surface area contributed by atoms with E-state index in [2.05, 4.69) is 29.6 Å². The van der Waals surface area contributed by atoms with Crippen LogP contribution in [-0.4, -0.2) is 29.9 Å². The molecular formula is C18H26N2O. The first kappa shape index (κ1) is 14.6. The van der Waals surface area contributed by atoms with Gasteiger partial charge in [-0.25, -0.2) is 0 Å². The van der Waals surface area contributed by atoms with Crippen LogP contribution in [-0.2, 0) is 17.8 Å². The van der Waals surface area contributed by atoms with E-state index < -0.39 is 0 Å². The van der Waals surface area contributed by atoms with Gasteiger partial charge in [0.2, 0.25) is 5.91 Å². The molecule has 0 saturated heterocycles. The van der Waals surface area contributed by atoms with Gasteiger partial charge in [0.1, 0.15) is 0 Å². The molecule has 114 valence electrons. The number of hydrogen-bond acceptors (Lipinski definition) is 2. The Kier molecular flexibility index (Phi) is 4.59. The van der Waals surface area contributed by atoms with E-state index in [9.17, 15) is 4.79 Å². The van der Waals surface area contributed by atoms with Gasteiger partial charge in [-0.2, -0.15) is 0 Å². The molecule has 1 amide bonds. The first-order valence-electron chi connectivity index (χ1n) is 8.32. The molecule has 1 saturated carbocycles. The first-order chi connectivity index (χ1) is 10.3. The normalized spacial score (nSPS) is 23.2. The third-order valence-corrected chi connectivity index (χ3v) is 5.10. The van der Waals surface area contributed by atoms with Gasteiger partial charge >= 0.3 is 0 Å². The highest BCUT2D eigenvalue weighted by molar-refractivity contribution is 5.82. The van der Waals surface area contributed by atoms with E-state index in [1.54, 1.807) is 0 Å². The molecule has 0 radical (unpaired) electrons. The number of benzene rings is 1. The van der Waals surface area contributed by atoms with Crippen molar-refractivity contribution in [3.05, 3.63) is 35.4 Å². The van der Waals surface area contributed by atoms with Crippen LogP contribution in [0, 0.1) is 0 Å². The third kappa shape index (κ3) is 3.29. The summed E-state index contributed by atoms with van der Waals surface area (Å²) in [5.41, 5.74) is 2.66. The molecule has 3 rings (SSSR count). The second-order valence-electron chi connectivity index (χ2n) is 6.50. The largest absolute Gasteiger partial charge is 0.341 e. The fourth-order valence-electron chi connectivity index (χ4n) is 3.70. The molecular weight excluding hydrogens is 260 g/mol. The Bertz CT molecular complexity index is 492. The van der Waals surface area contributed by atoms with Crippen molar-refractivity contribution in [2.45, 2.75) is 63.6 Å². The smallest absolute Gasteiger partial charge is 0.240 e. The molecule has 3 heteroatoms. The molecule has 1 unspecified atom stereocenters. The number of carbonyl (C=O) groups is 1. The number of fused-ring (bicyclic) bond motifs is 1. The van der Waals surface area contributed by atoms with Crippen LogP contribution in [0.2, 0.25) is 0 Å². The Morgan fingerprint density at radius 2 is 1.76 bits per heavy atom. The molecule has 2 aliphatic rings. The topological polar surface area (TPSA) is 32.3 Å². The van der Waals surface area contributed by atoms with E-state index in [1.165, 1.54) is 49.7 Å². The standard InChI is InChI=1S/C18H26N2O/c1-20(16-10-4-2-3-5-11-16)18(21)17-12-14-8-6-7-9-15(14)13-19-17/h6-9,16-17,19H,2-5,10-13H2,1H3. The summed E-state index contributed by atoms with van der Waals surface area (Å²) in [4.78, 5) is 14.8. The van der Waals surface area contributed by atoms with E-state index in [4.69, 9.17) is 0 Å². The van der Waals surface area contributed by atoms with Gasteiger partial charge in [-0.3, -0.25) is 4.79 Å². The summed E-state index contributed by atoms with van der Waals surface area (Å²) < 4.78 is 0. The van der Waals surface area contributed by atoms with Gasteiger partial charge < -0.3 is 10.2 Å². The highest BCUT2D eigenvalue weighted by Crippen LogP contribution is 2.23. The van der Waals surface area contributed by atoms with Crippen molar-refractivity contribution < 1.29 is 4.79 Å². The average molecular weight is 286 g/mol. The van der Waals surface area contributed by atoms with Gasteiger partial charge in [0.05, 0.1) is 6.04 Å². The minimum absolute atomic E-state index is 0.0480. The average Bonchev–Trinajstić information content (AvgIpc) is 2.82. The molecule has 1 aromatic rings. The summed E-state index contributed by atoms with van der Waals surface area (Å²) in [5, 5.41) is 3.42. The molecule has 1 atom stereocenters. The minimum atomic E-state index is -0.0480. The molecule has 1 aliphatic carbocycles. The van der Waals surface area contributed by atoms with Crippen molar-refractivity contribution in [3.63, 3.8) is 0 Å². The number of nitrogens with zero attached hydrogens (tertiary/aromatic N) is 1. The van der Waals surface area contributed by atoms with Crippen LogP contribution in [0.3, 0.4) is 0 Å². The zero-order valence-corrected chi connectivity index (χ0v) is 13.0. The number of nitrogens with one attached hydrogen (secondary N) is 1. The number of hydrogen-bond donors (Lipinski definition) is 1. The van der Waals surface area contributed by atoms with Crippen LogP contribution >= 0.6 is 0 Å². The first-order valence-corrected chi connectivity index (χ1v) is 8.32. The lowest BCUT2D eigenvalue weighted by atomic mass is 9.94. The van der Waals surface area contributed by atoms with Crippen LogP contribution in [0.25, 0.3) is 0 Å². The van der Waals surface area contributed by atoms with Gasteiger partial charge in [0, 0.05) is 19.6 Å². The molecule has 1 N–H and O–H groups in total. The van der Waals surface area contributed by atoms with Crippen LogP contribution in [0.15, 0.2) is 24.3 Å². The van der Waals surface area contributed by atoms with Gasteiger partial charge in [-0.05, 0) is 30.4 Å². The number of carbonyl (C=O) groups excluding carboxylic acids is 1. The van der Waals surface area contributed by atoms with Crippen molar-refractivity contribution in [3.8, 4) is 0 Å². The van der Waals surface area contributed by atoms with E-state index in [1.807, 2.05) is 11.9 Å². The molecule has 1 fully saturated rings. The Morgan fingerprint density at radius 3 is 2.48 bits per heavy atom. The highest BCUT2D eigenvalue weighted by atomic mass is 16.2. The molecule has 0 spiro atoms. The van der Waals surface area contributed by atoms with E-state index >= 15 is 0 Å². The fraction of sp³-hybridized carbons (Fsp3) is 0.611. The quantitative estimate of drug-likeness (QED) is 0.848. The van der Waals surface area contributed by atoms with Gasteiger partial charge in [0.15, 0.2) is 0 Å². The van der Waals surface area contributed by atoms with Crippen molar-refractivity contribution in [1.82, 2.24) is 10.2 Å². The van der Waals surface area contributed by atoms with Crippen molar-refractivity contribution in [2.75, 3.05) is 7.05 Å². The van der Waals surface area contributed by atoms with Gasteiger partial charge in [0.25, 0.3) is 0 Å². The maximum absolute atomic E-state index is 12.8. The van der Waals surface area contributed by atoms with Crippen molar-refractivity contribution in [1.29, 1.82) is 0 Å². The zero-order chi connectivity index (χ0) is 14.7. The lowest BCUT2D eigenvalue weighted by Gasteiger charge is -2.33.